The second-order valence-electron chi connectivity index (χ2n) is 9.26. The lowest BCUT2D eigenvalue weighted by atomic mass is 10.1. The van der Waals surface area contributed by atoms with Gasteiger partial charge in [0.15, 0.2) is 0 Å². The van der Waals surface area contributed by atoms with Crippen LogP contribution in [0.25, 0.3) is 21.2 Å². The van der Waals surface area contributed by atoms with E-state index >= 15 is 0 Å². The van der Waals surface area contributed by atoms with Crippen molar-refractivity contribution in [3.8, 4) is 11.5 Å². The van der Waals surface area contributed by atoms with Gasteiger partial charge in [0.05, 0.1) is 20.7 Å². The van der Waals surface area contributed by atoms with E-state index in [9.17, 15) is 9.59 Å². The summed E-state index contributed by atoms with van der Waals surface area (Å²) in [6.07, 6.45) is 4.78. The monoisotopic (exact) mass is 491 g/mol. The average Bonchev–Trinajstić information content (AvgIpc) is 3.54. The van der Waals surface area contributed by atoms with Crippen LogP contribution in [0.5, 0.6) is 11.5 Å². The van der Waals surface area contributed by atoms with Crippen molar-refractivity contribution in [1.29, 1.82) is 0 Å². The number of ether oxygens (including phenoxy) is 1. The Balaban J connectivity index is 1.44. The van der Waals surface area contributed by atoms with Crippen molar-refractivity contribution < 1.29 is 18.7 Å². The molecule has 0 saturated carbocycles. The molecule has 1 N–H and O–H groups in total. The predicted molar refractivity (Wildman–Crippen MR) is 138 cm³/mol. The maximum absolute atomic E-state index is 13.2. The van der Waals surface area contributed by atoms with E-state index in [1.165, 1.54) is 11.3 Å². The van der Waals surface area contributed by atoms with Crippen LogP contribution in [-0.2, 0) is 0 Å². The summed E-state index contributed by atoms with van der Waals surface area (Å²) in [6, 6.07) is 9.46. The minimum atomic E-state index is -0.153. The van der Waals surface area contributed by atoms with Gasteiger partial charge in [0, 0.05) is 42.3 Å². The fourth-order valence-corrected chi connectivity index (χ4v) is 5.80. The molecule has 4 aromatic rings. The summed E-state index contributed by atoms with van der Waals surface area (Å²) in [4.78, 5) is 32.9. The molecule has 4 heterocycles. The Bertz CT molecular complexity index is 1420. The minimum absolute atomic E-state index is 0.0319. The SMILES string of the molecule is CC[C@@H]1CCCN1C(=O)c1cc2nccc(Oc3ccc4c(C(=O)NC(C)C)c(C)oc4c3)c2s1. The van der Waals surface area contributed by atoms with Gasteiger partial charge >= 0.3 is 0 Å². The van der Waals surface area contributed by atoms with Crippen molar-refractivity contribution in [1.82, 2.24) is 15.2 Å². The van der Waals surface area contributed by atoms with Crippen LogP contribution in [0.1, 0.15) is 65.8 Å². The van der Waals surface area contributed by atoms with E-state index in [2.05, 4.69) is 17.2 Å². The predicted octanol–water partition coefficient (Wildman–Crippen LogP) is 6.30. The van der Waals surface area contributed by atoms with E-state index in [0.717, 1.165) is 41.4 Å². The third-order valence-electron chi connectivity index (χ3n) is 6.41. The van der Waals surface area contributed by atoms with Crippen LogP contribution in [0.3, 0.4) is 0 Å². The molecule has 0 spiro atoms. The standard InChI is InChI=1S/C27H29N3O4S/c1-5-17-7-6-12-30(17)27(32)23-14-20-25(35-23)21(10-11-28-20)34-18-8-9-19-22(13-18)33-16(4)24(19)26(31)29-15(2)3/h8-11,13-15,17H,5-7,12H2,1-4H3,(H,29,31)/t17-/m1/s1. The molecule has 5 rings (SSSR count). The van der Waals surface area contributed by atoms with Crippen molar-refractivity contribution in [3.05, 3.63) is 52.7 Å². The van der Waals surface area contributed by atoms with Crippen LogP contribution < -0.4 is 10.1 Å². The summed E-state index contributed by atoms with van der Waals surface area (Å²) in [7, 11) is 0. The van der Waals surface area contributed by atoms with Gasteiger partial charge in [-0.3, -0.25) is 14.6 Å². The number of fused-ring (bicyclic) bond motifs is 2. The topological polar surface area (TPSA) is 84.7 Å². The number of thiophene rings is 1. The molecular formula is C27H29N3O4S. The lowest BCUT2D eigenvalue weighted by Crippen LogP contribution is -2.34. The quantitative estimate of drug-likeness (QED) is 0.342. The number of carbonyl (C=O) groups excluding carboxylic acids is 2. The van der Waals surface area contributed by atoms with E-state index in [1.54, 1.807) is 25.3 Å². The van der Waals surface area contributed by atoms with Gasteiger partial charge in [-0.15, -0.1) is 11.3 Å². The highest BCUT2D eigenvalue weighted by atomic mass is 32.1. The number of benzene rings is 1. The summed E-state index contributed by atoms with van der Waals surface area (Å²) >= 11 is 1.42. The van der Waals surface area contributed by atoms with Crippen LogP contribution in [0.15, 0.2) is 40.9 Å². The summed E-state index contributed by atoms with van der Waals surface area (Å²) < 4.78 is 12.9. The number of pyridine rings is 1. The maximum atomic E-state index is 13.2. The highest BCUT2D eigenvalue weighted by Crippen LogP contribution is 2.37. The molecule has 1 aliphatic heterocycles. The molecule has 1 saturated heterocycles. The van der Waals surface area contributed by atoms with Crippen molar-refractivity contribution in [2.75, 3.05) is 6.54 Å². The van der Waals surface area contributed by atoms with Crippen LogP contribution in [0, 0.1) is 6.92 Å². The number of nitrogens with one attached hydrogen (secondary N) is 1. The number of amides is 2. The third kappa shape index (κ3) is 4.38. The highest BCUT2D eigenvalue weighted by molar-refractivity contribution is 7.21. The van der Waals surface area contributed by atoms with Gasteiger partial charge in [-0.1, -0.05) is 6.92 Å². The largest absolute Gasteiger partial charge is 0.460 e. The molecule has 3 aromatic heterocycles. The summed E-state index contributed by atoms with van der Waals surface area (Å²) in [5, 5.41) is 3.67. The number of hydrogen-bond donors (Lipinski definition) is 1. The molecular weight excluding hydrogens is 462 g/mol. The summed E-state index contributed by atoms with van der Waals surface area (Å²) in [5.41, 5.74) is 1.87. The smallest absolute Gasteiger partial charge is 0.264 e. The molecule has 182 valence electrons. The first-order chi connectivity index (χ1) is 16.9. The first-order valence-corrected chi connectivity index (χ1v) is 12.9. The van der Waals surface area contributed by atoms with Gasteiger partial charge in [-0.25, -0.2) is 0 Å². The Morgan fingerprint density at radius 1 is 1.29 bits per heavy atom. The van der Waals surface area contributed by atoms with Gasteiger partial charge < -0.3 is 19.4 Å². The number of nitrogens with zero attached hydrogens (tertiary/aromatic N) is 2. The molecule has 2 amide bonds. The number of hydrogen-bond acceptors (Lipinski definition) is 6. The Hall–Kier alpha value is -3.39. The van der Waals surface area contributed by atoms with Crippen molar-refractivity contribution in [2.45, 2.75) is 59.0 Å². The van der Waals surface area contributed by atoms with Crippen LogP contribution in [-0.4, -0.2) is 40.3 Å². The molecule has 8 heteroatoms. The molecule has 1 fully saturated rings. The first-order valence-electron chi connectivity index (χ1n) is 12.1. The highest BCUT2D eigenvalue weighted by Gasteiger charge is 2.29. The van der Waals surface area contributed by atoms with Gasteiger partial charge in [0.2, 0.25) is 0 Å². The minimum Gasteiger partial charge on any atom is -0.460 e. The van der Waals surface area contributed by atoms with Gasteiger partial charge in [0.25, 0.3) is 11.8 Å². The van der Waals surface area contributed by atoms with Crippen LogP contribution >= 0.6 is 11.3 Å². The zero-order chi connectivity index (χ0) is 24.7. The second-order valence-corrected chi connectivity index (χ2v) is 10.3. The van der Waals surface area contributed by atoms with Gasteiger partial charge in [-0.2, -0.15) is 0 Å². The molecule has 0 bridgehead atoms. The fraction of sp³-hybridized carbons (Fsp3) is 0.370. The zero-order valence-corrected chi connectivity index (χ0v) is 21.2. The van der Waals surface area contributed by atoms with Crippen molar-refractivity contribution >= 4 is 44.3 Å². The third-order valence-corrected chi connectivity index (χ3v) is 7.53. The number of furan rings is 1. The van der Waals surface area contributed by atoms with E-state index in [1.807, 2.05) is 36.9 Å². The normalized spacial score (nSPS) is 15.9. The zero-order valence-electron chi connectivity index (χ0n) is 20.4. The van der Waals surface area contributed by atoms with E-state index in [-0.39, 0.29) is 17.9 Å². The first kappa shape index (κ1) is 23.4. The molecule has 0 radical (unpaired) electrons. The molecule has 0 unspecified atom stereocenters. The lowest BCUT2D eigenvalue weighted by Gasteiger charge is -2.22. The molecule has 7 nitrogen and oxygen atoms in total. The number of aryl methyl sites for hydroxylation is 1. The average molecular weight is 492 g/mol. The summed E-state index contributed by atoms with van der Waals surface area (Å²) in [5.74, 6) is 1.70. The lowest BCUT2D eigenvalue weighted by molar-refractivity contribution is 0.0738. The van der Waals surface area contributed by atoms with Crippen molar-refractivity contribution in [2.24, 2.45) is 0 Å². The number of carbonyl (C=O) groups is 2. The van der Waals surface area contributed by atoms with E-state index < -0.39 is 0 Å². The van der Waals surface area contributed by atoms with Gasteiger partial charge in [-0.05, 0) is 58.2 Å². The van der Waals surface area contributed by atoms with E-state index in [0.29, 0.717) is 39.3 Å². The fourth-order valence-electron chi connectivity index (χ4n) is 4.78. The number of aromatic nitrogens is 1. The molecule has 1 atom stereocenters. The van der Waals surface area contributed by atoms with Crippen LogP contribution in [0.4, 0.5) is 0 Å². The molecule has 35 heavy (non-hydrogen) atoms. The number of likely N-dealkylation sites (tertiary alicyclic amines) is 1. The number of rotatable bonds is 6. The molecule has 1 aromatic carbocycles. The van der Waals surface area contributed by atoms with Crippen molar-refractivity contribution in [3.63, 3.8) is 0 Å². The second kappa shape index (κ2) is 9.34. The Labute approximate surface area is 208 Å². The Kier molecular flexibility index (Phi) is 6.23. The molecule has 1 aliphatic rings. The van der Waals surface area contributed by atoms with E-state index in [4.69, 9.17) is 9.15 Å². The Morgan fingerprint density at radius 3 is 2.89 bits per heavy atom. The summed E-state index contributed by atoms with van der Waals surface area (Å²) in [6.45, 7) is 8.57. The van der Waals surface area contributed by atoms with Crippen LogP contribution in [0.2, 0.25) is 0 Å². The Morgan fingerprint density at radius 2 is 2.11 bits per heavy atom. The maximum Gasteiger partial charge on any atom is 0.264 e. The van der Waals surface area contributed by atoms with Gasteiger partial charge in [0.1, 0.15) is 22.8 Å². The molecule has 0 aliphatic carbocycles.